The molecule has 2 bridgehead atoms. The molecule has 0 saturated heterocycles. The Hall–Kier alpha value is -0.670. The summed E-state index contributed by atoms with van der Waals surface area (Å²) in [5.74, 6) is 1.98. The second-order valence-corrected chi connectivity index (χ2v) is 5.73. The van der Waals surface area contributed by atoms with Crippen molar-refractivity contribution in [3.05, 3.63) is 12.2 Å². The molecule has 1 fully saturated rings. The van der Waals surface area contributed by atoms with Gasteiger partial charge in [-0.1, -0.05) is 25.0 Å². The summed E-state index contributed by atoms with van der Waals surface area (Å²) >= 11 is 0. The number of nitrogens with one attached hydrogen (secondary N) is 1. The molecule has 3 unspecified atom stereocenters. The Morgan fingerprint density at radius 3 is 2.67 bits per heavy atom. The molecule has 0 spiro atoms. The van der Waals surface area contributed by atoms with Gasteiger partial charge in [0.15, 0.2) is 0 Å². The summed E-state index contributed by atoms with van der Waals surface area (Å²) in [5.41, 5.74) is 5.44. The largest absolute Gasteiger partial charge is 0.330 e. The maximum Gasteiger partial charge on any atom is 0.150 e. The molecule has 102 valence electrons. The standard InChI is InChI=1S/C15H26N2O/c16-7-3-1-2-4-8-17-11-15(18)14-10-12-5-6-13(14)9-12/h5-6,12-14,17H,1-4,7-11,16H2. The van der Waals surface area contributed by atoms with E-state index in [2.05, 4.69) is 17.5 Å². The Balaban J connectivity index is 1.52. The van der Waals surface area contributed by atoms with E-state index in [9.17, 15) is 4.79 Å². The zero-order valence-electron chi connectivity index (χ0n) is 11.2. The summed E-state index contributed by atoms with van der Waals surface area (Å²) in [6, 6.07) is 0. The fourth-order valence-electron chi connectivity index (χ4n) is 3.24. The predicted molar refractivity (Wildman–Crippen MR) is 74.2 cm³/mol. The topological polar surface area (TPSA) is 55.1 Å². The van der Waals surface area contributed by atoms with E-state index in [1.807, 2.05) is 0 Å². The SMILES string of the molecule is NCCCCCCNCC(=O)C1CC2C=CC1C2. The molecule has 3 nitrogen and oxygen atoms in total. The highest BCUT2D eigenvalue weighted by Gasteiger charge is 2.39. The average Bonchev–Trinajstić information content (AvgIpc) is 2.99. The maximum absolute atomic E-state index is 12.1. The molecular formula is C15H26N2O. The Labute approximate surface area is 110 Å². The van der Waals surface area contributed by atoms with Gasteiger partial charge in [-0.25, -0.2) is 0 Å². The van der Waals surface area contributed by atoms with E-state index < -0.39 is 0 Å². The fourth-order valence-corrected chi connectivity index (χ4v) is 3.24. The Kier molecular flexibility index (Phi) is 5.39. The summed E-state index contributed by atoms with van der Waals surface area (Å²) in [6.45, 7) is 2.33. The number of fused-ring (bicyclic) bond motifs is 2. The van der Waals surface area contributed by atoms with Gasteiger partial charge < -0.3 is 11.1 Å². The number of hydrogen-bond acceptors (Lipinski definition) is 3. The van der Waals surface area contributed by atoms with Gasteiger partial charge in [-0.2, -0.15) is 0 Å². The second-order valence-electron chi connectivity index (χ2n) is 5.73. The van der Waals surface area contributed by atoms with E-state index in [1.165, 1.54) is 19.3 Å². The molecule has 0 aromatic carbocycles. The van der Waals surface area contributed by atoms with Crippen molar-refractivity contribution >= 4 is 5.78 Å². The van der Waals surface area contributed by atoms with Crippen LogP contribution in [0.25, 0.3) is 0 Å². The quantitative estimate of drug-likeness (QED) is 0.485. The summed E-state index contributed by atoms with van der Waals surface area (Å²) in [6.07, 6.45) is 11.6. The van der Waals surface area contributed by atoms with Crippen LogP contribution in [0, 0.1) is 17.8 Å². The molecule has 3 N–H and O–H groups in total. The lowest BCUT2D eigenvalue weighted by Gasteiger charge is -2.16. The van der Waals surface area contributed by atoms with Crippen molar-refractivity contribution in [2.24, 2.45) is 23.5 Å². The van der Waals surface area contributed by atoms with Crippen LogP contribution in [0.1, 0.15) is 38.5 Å². The lowest BCUT2D eigenvalue weighted by molar-refractivity contribution is -0.122. The number of Topliss-reactive ketones (excluding diaryl/α,β-unsaturated/α-hetero) is 1. The molecule has 3 atom stereocenters. The summed E-state index contributed by atoms with van der Waals surface area (Å²) in [4.78, 5) is 12.1. The Bertz CT molecular complexity index is 301. The van der Waals surface area contributed by atoms with Gasteiger partial charge in [-0.05, 0) is 50.6 Å². The van der Waals surface area contributed by atoms with E-state index in [4.69, 9.17) is 5.73 Å². The van der Waals surface area contributed by atoms with E-state index in [0.717, 1.165) is 32.4 Å². The Morgan fingerprint density at radius 2 is 2.00 bits per heavy atom. The number of ketones is 1. The Morgan fingerprint density at radius 1 is 1.17 bits per heavy atom. The molecule has 18 heavy (non-hydrogen) atoms. The second kappa shape index (κ2) is 7.05. The van der Waals surface area contributed by atoms with Crippen LogP contribution in [-0.4, -0.2) is 25.4 Å². The smallest absolute Gasteiger partial charge is 0.150 e. The average molecular weight is 250 g/mol. The molecule has 0 aliphatic heterocycles. The highest BCUT2D eigenvalue weighted by molar-refractivity contribution is 5.84. The van der Waals surface area contributed by atoms with Crippen molar-refractivity contribution in [3.63, 3.8) is 0 Å². The number of carbonyl (C=O) groups excluding carboxylic acids is 1. The van der Waals surface area contributed by atoms with E-state index in [-0.39, 0.29) is 0 Å². The zero-order valence-corrected chi connectivity index (χ0v) is 11.2. The minimum absolute atomic E-state index is 0.310. The molecule has 2 aliphatic carbocycles. The highest BCUT2D eigenvalue weighted by atomic mass is 16.1. The van der Waals surface area contributed by atoms with Crippen LogP contribution in [0.2, 0.25) is 0 Å². The van der Waals surface area contributed by atoms with E-state index in [1.54, 1.807) is 0 Å². The van der Waals surface area contributed by atoms with Crippen molar-refractivity contribution in [1.29, 1.82) is 0 Å². The molecule has 0 amide bonds. The molecule has 0 aromatic rings. The minimum Gasteiger partial charge on any atom is -0.330 e. The molecule has 3 heteroatoms. The monoisotopic (exact) mass is 250 g/mol. The van der Waals surface area contributed by atoms with Crippen molar-refractivity contribution in [1.82, 2.24) is 5.32 Å². The van der Waals surface area contributed by atoms with Gasteiger partial charge in [0.05, 0.1) is 6.54 Å². The molecule has 0 heterocycles. The van der Waals surface area contributed by atoms with Gasteiger partial charge in [-0.15, -0.1) is 0 Å². The van der Waals surface area contributed by atoms with E-state index in [0.29, 0.717) is 30.1 Å². The third-order valence-corrected chi connectivity index (χ3v) is 4.30. The zero-order chi connectivity index (χ0) is 12.8. The first-order valence-corrected chi connectivity index (χ1v) is 7.43. The maximum atomic E-state index is 12.1. The first-order chi connectivity index (χ1) is 8.81. The normalized spacial score (nSPS) is 29.1. The minimum atomic E-state index is 0.310. The van der Waals surface area contributed by atoms with Crippen molar-refractivity contribution in [2.45, 2.75) is 38.5 Å². The van der Waals surface area contributed by atoms with Crippen LogP contribution >= 0.6 is 0 Å². The fraction of sp³-hybridized carbons (Fsp3) is 0.800. The number of rotatable bonds is 9. The number of allylic oxidation sites excluding steroid dienone is 2. The number of unbranched alkanes of at least 4 members (excludes halogenated alkanes) is 3. The predicted octanol–water partition coefficient (Wildman–Crippen LogP) is 1.88. The van der Waals surface area contributed by atoms with Crippen molar-refractivity contribution in [2.75, 3.05) is 19.6 Å². The summed E-state index contributed by atoms with van der Waals surface area (Å²) < 4.78 is 0. The lowest BCUT2D eigenvalue weighted by atomic mass is 9.89. The van der Waals surface area contributed by atoms with Gasteiger partial charge in [0.1, 0.15) is 5.78 Å². The number of hydrogen-bond donors (Lipinski definition) is 2. The van der Waals surface area contributed by atoms with E-state index >= 15 is 0 Å². The van der Waals surface area contributed by atoms with Gasteiger partial charge in [0, 0.05) is 5.92 Å². The molecular weight excluding hydrogens is 224 g/mol. The highest BCUT2D eigenvalue weighted by Crippen LogP contribution is 2.43. The molecule has 2 rings (SSSR count). The first-order valence-electron chi connectivity index (χ1n) is 7.43. The molecule has 2 aliphatic rings. The lowest BCUT2D eigenvalue weighted by Crippen LogP contribution is -2.31. The van der Waals surface area contributed by atoms with Gasteiger partial charge in [0.25, 0.3) is 0 Å². The van der Waals surface area contributed by atoms with Crippen LogP contribution in [0.4, 0.5) is 0 Å². The number of nitrogens with two attached hydrogens (primary N) is 1. The third-order valence-electron chi connectivity index (χ3n) is 4.30. The summed E-state index contributed by atoms with van der Waals surface area (Å²) in [5, 5.41) is 3.29. The van der Waals surface area contributed by atoms with Crippen LogP contribution in [-0.2, 0) is 4.79 Å². The van der Waals surface area contributed by atoms with Crippen LogP contribution in [0.15, 0.2) is 12.2 Å². The van der Waals surface area contributed by atoms with Crippen molar-refractivity contribution in [3.8, 4) is 0 Å². The molecule has 0 aromatic heterocycles. The van der Waals surface area contributed by atoms with Crippen LogP contribution in [0.5, 0.6) is 0 Å². The third kappa shape index (κ3) is 3.66. The molecule has 0 radical (unpaired) electrons. The van der Waals surface area contributed by atoms with Crippen LogP contribution in [0.3, 0.4) is 0 Å². The van der Waals surface area contributed by atoms with Gasteiger partial charge in [0.2, 0.25) is 0 Å². The van der Waals surface area contributed by atoms with Crippen LogP contribution < -0.4 is 11.1 Å². The number of carbonyl (C=O) groups is 1. The first kappa shape index (κ1) is 13.8. The van der Waals surface area contributed by atoms with Crippen molar-refractivity contribution < 1.29 is 4.79 Å². The van der Waals surface area contributed by atoms with Gasteiger partial charge in [-0.3, -0.25) is 4.79 Å². The van der Waals surface area contributed by atoms with Gasteiger partial charge >= 0.3 is 0 Å². The molecule has 1 saturated carbocycles. The summed E-state index contributed by atoms with van der Waals surface area (Å²) in [7, 11) is 0.